The van der Waals surface area contributed by atoms with Crippen molar-refractivity contribution in [1.82, 2.24) is 20.9 Å². The highest BCUT2D eigenvalue weighted by Crippen LogP contribution is 2.19. The summed E-state index contributed by atoms with van der Waals surface area (Å²) in [6.07, 6.45) is -0.604. The van der Waals surface area contributed by atoms with Crippen LogP contribution in [-0.2, 0) is 19.1 Å². The van der Waals surface area contributed by atoms with Gasteiger partial charge in [0.2, 0.25) is 11.8 Å². The van der Waals surface area contributed by atoms with Crippen molar-refractivity contribution in [3.8, 4) is 0 Å². The molecule has 0 spiro atoms. The van der Waals surface area contributed by atoms with Crippen LogP contribution in [0.5, 0.6) is 0 Å². The Morgan fingerprint density at radius 2 is 1.94 bits per heavy atom. The number of hydrogen-bond donors (Lipinski definition) is 5. The zero-order valence-electron chi connectivity index (χ0n) is 19.9. The van der Waals surface area contributed by atoms with Gasteiger partial charge in [-0.05, 0) is 32.6 Å². The molecule has 0 aliphatic carbocycles. The zero-order chi connectivity index (χ0) is 25.8. The van der Waals surface area contributed by atoms with Crippen LogP contribution in [0.25, 0.3) is 0 Å². The predicted octanol–water partition coefficient (Wildman–Crippen LogP) is -1.32. The van der Waals surface area contributed by atoms with Crippen LogP contribution in [0.3, 0.4) is 0 Å². The standard InChI is InChI=1S/C19H35N7O8/c1-5-33-17-13(7-6-8-25(17)18(20)24-26(31)32)22-15(28)12(4)21-16(29)14(9-27)23-19(30)34-10-11(2)3/h11-14,17,27H,5-10H2,1-4H3,(H2,20,24)(H,21,29)(H,22,28)(H,23,30)/t12-,13-,14+,17?/m0/s1. The fourth-order valence-corrected chi connectivity index (χ4v) is 3.18. The van der Waals surface area contributed by atoms with Crippen LogP contribution in [0.4, 0.5) is 4.79 Å². The lowest BCUT2D eigenvalue weighted by atomic mass is 10.0. The van der Waals surface area contributed by atoms with Crippen molar-refractivity contribution >= 4 is 23.9 Å². The summed E-state index contributed by atoms with van der Waals surface area (Å²) in [5, 5.41) is 29.8. The quantitative estimate of drug-likeness (QED) is 0.1000. The second-order valence-corrected chi connectivity index (χ2v) is 8.09. The number of aliphatic hydroxyl groups excluding tert-OH is 1. The highest BCUT2D eigenvalue weighted by Gasteiger charge is 2.36. The van der Waals surface area contributed by atoms with E-state index in [0.29, 0.717) is 19.4 Å². The van der Waals surface area contributed by atoms with E-state index in [1.54, 1.807) is 6.92 Å². The van der Waals surface area contributed by atoms with Crippen LogP contribution in [0.15, 0.2) is 5.10 Å². The number of guanidine groups is 1. The van der Waals surface area contributed by atoms with Gasteiger partial charge in [0.25, 0.3) is 5.96 Å². The van der Waals surface area contributed by atoms with E-state index in [4.69, 9.17) is 15.2 Å². The van der Waals surface area contributed by atoms with Gasteiger partial charge in [-0.25, -0.2) is 14.9 Å². The van der Waals surface area contributed by atoms with E-state index in [1.165, 1.54) is 11.8 Å². The van der Waals surface area contributed by atoms with E-state index < -0.39 is 53.9 Å². The van der Waals surface area contributed by atoms with Crippen LogP contribution in [0, 0.1) is 16.0 Å². The molecule has 6 N–H and O–H groups in total. The molecule has 0 aromatic rings. The number of nitrogens with one attached hydrogen (secondary N) is 3. The van der Waals surface area contributed by atoms with Crippen molar-refractivity contribution in [1.29, 1.82) is 0 Å². The minimum atomic E-state index is -1.31. The molecule has 1 saturated heterocycles. The van der Waals surface area contributed by atoms with Crippen LogP contribution in [0.1, 0.15) is 40.5 Å². The molecule has 3 amide bonds. The van der Waals surface area contributed by atoms with Gasteiger partial charge >= 0.3 is 6.09 Å². The maximum Gasteiger partial charge on any atom is 0.407 e. The summed E-state index contributed by atoms with van der Waals surface area (Å²) < 4.78 is 10.6. The highest BCUT2D eigenvalue weighted by molar-refractivity contribution is 5.91. The van der Waals surface area contributed by atoms with Crippen molar-refractivity contribution in [2.24, 2.45) is 16.8 Å². The monoisotopic (exact) mass is 489 g/mol. The van der Waals surface area contributed by atoms with Gasteiger partial charge in [-0.1, -0.05) is 13.8 Å². The molecule has 1 heterocycles. The molecule has 0 bridgehead atoms. The first kappa shape index (κ1) is 28.8. The number of hydrazone groups is 1. The summed E-state index contributed by atoms with van der Waals surface area (Å²) >= 11 is 0. The molecule has 34 heavy (non-hydrogen) atoms. The summed E-state index contributed by atoms with van der Waals surface area (Å²) in [5.41, 5.74) is 5.73. The van der Waals surface area contributed by atoms with Crippen LogP contribution < -0.4 is 21.7 Å². The number of piperidine rings is 1. The smallest absolute Gasteiger partial charge is 0.407 e. The Morgan fingerprint density at radius 1 is 1.26 bits per heavy atom. The molecule has 1 fully saturated rings. The van der Waals surface area contributed by atoms with Crippen molar-refractivity contribution < 1.29 is 34.0 Å². The molecule has 4 atom stereocenters. The first-order valence-electron chi connectivity index (χ1n) is 11.0. The van der Waals surface area contributed by atoms with Crippen molar-refractivity contribution in [3.63, 3.8) is 0 Å². The van der Waals surface area contributed by atoms with Gasteiger partial charge in [0.15, 0.2) is 11.3 Å². The van der Waals surface area contributed by atoms with Gasteiger partial charge in [0.1, 0.15) is 17.2 Å². The van der Waals surface area contributed by atoms with Gasteiger partial charge in [-0.15, -0.1) is 0 Å². The minimum absolute atomic E-state index is 0.0910. The van der Waals surface area contributed by atoms with Crippen molar-refractivity contribution in [3.05, 3.63) is 10.1 Å². The molecule has 0 radical (unpaired) electrons. The number of nitrogens with zero attached hydrogens (tertiary/aromatic N) is 3. The maximum atomic E-state index is 12.7. The number of ether oxygens (including phenoxy) is 2. The van der Waals surface area contributed by atoms with Crippen LogP contribution in [-0.4, -0.2) is 89.6 Å². The Kier molecular flexibility index (Phi) is 12.0. The molecule has 1 rings (SSSR count). The first-order valence-corrected chi connectivity index (χ1v) is 11.0. The zero-order valence-corrected chi connectivity index (χ0v) is 19.9. The number of carbonyl (C=O) groups excluding carboxylic acids is 3. The van der Waals surface area contributed by atoms with E-state index in [-0.39, 0.29) is 25.1 Å². The predicted molar refractivity (Wildman–Crippen MR) is 120 cm³/mol. The number of carbonyl (C=O) groups is 3. The Hall–Kier alpha value is -3.20. The lowest BCUT2D eigenvalue weighted by molar-refractivity contribution is -0.486. The highest BCUT2D eigenvalue weighted by atomic mass is 16.7. The molecule has 1 aliphatic heterocycles. The number of alkyl carbamates (subject to hydrolysis) is 1. The van der Waals surface area contributed by atoms with Gasteiger partial charge < -0.3 is 41.2 Å². The third-order valence-corrected chi connectivity index (χ3v) is 4.80. The SMILES string of the molecule is CCOC1[C@@H](NC(=O)[C@H](C)NC(=O)[C@@H](CO)NC(=O)OCC(C)C)CCCN1/C(N)=N/[N+](=O)[O-]. The molecular formula is C19H35N7O8. The summed E-state index contributed by atoms with van der Waals surface area (Å²) in [4.78, 5) is 49.0. The minimum Gasteiger partial charge on any atom is -0.449 e. The molecule has 0 aromatic heterocycles. The van der Waals surface area contributed by atoms with Gasteiger partial charge in [0.05, 0.1) is 19.3 Å². The Bertz CT molecular complexity index is 748. The summed E-state index contributed by atoms with van der Waals surface area (Å²) in [7, 11) is 0. The largest absolute Gasteiger partial charge is 0.449 e. The van der Waals surface area contributed by atoms with Crippen molar-refractivity contribution in [2.45, 2.75) is 64.9 Å². The first-order chi connectivity index (χ1) is 16.0. The number of aliphatic hydroxyl groups is 1. The summed E-state index contributed by atoms with van der Waals surface area (Å²) in [6, 6.07) is -2.93. The third kappa shape index (κ3) is 9.35. The molecule has 1 unspecified atom stereocenters. The molecule has 194 valence electrons. The summed E-state index contributed by atoms with van der Waals surface area (Å²) in [5.74, 6) is -1.59. The fourth-order valence-electron chi connectivity index (χ4n) is 3.18. The van der Waals surface area contributed by atoms with Crippen LogP contribution >= 0.6 is 0 Å². The van der Waals surface area contributed by atoms with Crippen molar-refractivity contribution in [2.75, 3.05) is 26.4 Å². The fraction of sp³-hybridized carbons (Fsp3) is 0.789. The number of rotatable bonds is 11. The summed E-state index contributed by atoms with van der Waals surface area (Å²) in [6.45, 7) is 6.88. The Morgan fingerprint density at radius 3 is 2.50 bits per heavy atom. The molecule has 1 aliphatic rings. The lowest BCUT2D eigenvalue weighted by Gasteiger charge is -2.41. The van der Waals surface area contributed by atoms with Gasteiger partial charge in [-0.3, -0.25) is 9.59 Å². The molecular weight excluding hydrogens is 454 g/mol. The normalized spacial score (nSPS) is 20.3. The number of hydrogen-bond acceptors (Lipinski definition) is 8. The number of likely N-dealkylation sites (tertiary alicyclic amines) is 1. The van der Waals surface area contributed by atoms with Gasteiger partial charge in [0, 0.05) is 13.2 Å². The number of nitro groups is 1. The number of amides is 3. The van der Waals surface area contributed by atoms with E-state index in [2.05, 4.69) is 21.1 Å². The lowest BCUT2D eigenvalue weighted by Crippen LogP contribution is -2.62. The number of nitrogens with two attached hydrogens (primary N) is 1. The maximum absolute atomic E-state index is 12.7. The average Bonchev–Trinajstić information content (AvgIpc) is 2.76. The second-order valence-electron chi connectivity index (χ2n) is 8.09. The van der Waals surface area contributed by atoms with Gasteiger partial charge in [-0.2, -0.15) is 0 Å². The molecule has 15 heteroatoms. The average molecular weight is 490 g/mol. The van der Waals surface area contributed by atoms with E-state index >= 15 is 0 Å². The van der Waals surface area contributed by atoms with Crippen LogP contribution in [0.2, 0.25) is 0 Å². The Balaban J connectivity index is 2.76. The molecule has 15 nitrogen and oxygen atoms in total. The molecule has 0 aromatic carbocycles. The topological polar surface area (TPSA) is 211 Å². The van der Waals surface area contributed by atoms with E-state index in [9.17, 15) is 29.6 Å². The second kappa shape index (κ2) is 14.1. The van der Waals surface area contributed by atoms with E-state index in [0.717, 1.165) is 0 Å². The molecule has 0 saturated carbocycles. The third-order valence-electron chi connectivity index (χ3n) is 4.80. The Labute approximate surface area is 197 Å². The van der Waals surface area contributed by atoms with E-state index in [1.807, 2.05) is 13.8 Å².